The van der Waals surface area contributed by atoms with Crippen LogP contribution in [0.1, 0.15) is 29.5 Å². The van der Waals surface area contributed by atoms with E-state index >= 15 is 0 Å². The number of imide groups is 1. The fourth-order valence-electron chi connectivity index (χ4n) is 4.50. The lowest BCUT2D eigenvalue weighted by Crippen LogP contribution is -2.32. The van der Waals surface area contributed by atoms with E-state index in [4.69, 9.17) is 0 Å². The van der Waals surface area contributed by atoms with Crippen molar-refractivity contribution in [3.8, 4) is 0 Å². The molecule has 2 aliphatic rings. The molecule has 2 amide bonds. The van der Waals surface area contributed by atoms with E-state index in [0.717, 1.165) is 35.6 Å². The smallest absolute Gasteiger partial charge is 0.282 e. The molecule has 0 aliphatic carbocycles. The van der Waals surface area contributed by atoms with E-state index in [9.17, 15) is 9.59 Å². The molecule has 0 unspecified atom stereocenters. The third-order valence-electron chi connectivity index (χ3n) is 6.50. The highest BCUT2D eigenvalue weighted by Gasteiger charge is 2.40. The molecular formula is C28H27N3O2. The molecule has 5 nitrogen and oxygen atoms in total. The highest BCUT2D eigenvalue weighted by molar-refractivity contribution is 6.46. The summed E-state index contributed by atoms with van der Waals surface area (Å²) in [6.07, 6.45) is 2.39. The van der Waals surface area contributed by atoms with Crippen LogP contribution >= 0.6 is 0 Å². The van der Waals surface area contributed by atoms with Crippen LogP contribution in [0.25, 0.3) is 5.57 Å². The van der Waals surface area contributed by atoms with Gasteiger partial charge in [0.1, 0.15) is 5.70 Å². The van der Waals surface area contributed by atoms with Crippen molar-refractivity contribution in [2.45, 2.75) is 26.7 Å². The van der Waals surface area contributed by atoms with Gasteiger partial charge < -0.3 is 10.2 Å². The Balaban J connectivity index is 1.51. The van der Waals surface area contributed by atoms with Gasteiger partial charge in [0.05, 0.1) is 11.3 Å². The Kier molecular flexibility index (Phi) is 5.47. The molecule has 0 radical (unpaired) electrons. The first kappa shape index (κ1) is 21.0. The number of aryl methyl sites for hydroxylation is 2. The summed E-state index contributed by atoms with van der Waals surface area (Å²) in [5, 5.41) is 3.25. The van der Waals surface area contributed by atoms with E-state index < -0.39 is 0 Å². The third-order valence-corrected chi connectivity index (χ3v) is 6.50. The summed E-state index contributed by atoms with van der Waals surface area (Å²) < 4.78 is 0. The maximum Gasteiger partial charge on any atom is 0.282 e. The number of benzene rings is 3. The van der Waals surface area contributed by atoms with Gasteiger partial charge in [0, 0.05) is 24.5 Å². The number of carbonyl (C=O) groups is 2. The van der Waals surface area contributed by atoms with Crippen LogP contribution in [0.3, 0.4) is 0 Å². The Labute approximate surface area is 194 Å². The van der Waals surface area contributed by atoms with Crippen LogP contribution in [0.2, 0.25) is 0 Å². The normalized spacial score (nSPS) is 16.2. The Hall–Kier alpha value is -3.86. The maximum atomic E-state index is 13.6. The van der Waals surface area contributed by atoms with Gasteiger partial charge in [0.25, 0.3) is 11.8 Å². The molecule has 166 valence electrons. The van der Waals surface area contributed by atoms with Gasteiger partial charge in [-0.25, -0.2) is 4.90 Å². The second kappa shape index (κ2) is 8.58. The van der Waals surface area contributed by atoms with Gasteiger partial charge in [0.15, 0.2) is 0 Å². The van der Waals surface area contributed by atoms with E-state index in [1.807, 2.05) is 86.6 Å². The van der Waals surface area contributed by atoms with E-state index in [-0.39, 0.29) is 11.8 Å². The molecule has 5 rings (SSSR count). The number of amides is 2. The van der Waals surface area contributed by atoms with E-state index in [1.165, 1.54) is 23.3 Å². The molecule has 33 heavy (non-hydrogen) atoms. The first-order chi connectivity index (χ1) is 16.0. The van der Waals surface area contributed by atoms with Crippen molar-refractivity contribution in [1.82, 2.24) is 0 Å². The molecule has 1 saturated heterocycles. The lowest BCUT2D eigenvalue weighted by molar-refractivity contribution is -0.120. The van der Waals surface area contributed by atoms with Gasteiger partial charge in [0.2, 0.25) is 0 Å². The maximum absolute atomic E-state index is 13.6. The van der Waals surface area contributed by atoms with Crippen molar-refractivity contribution in [2.24, 2.45) is 0 Å². The first-order valence-corrected chi connectivity index (χ1v) is 11.4. The number of rotatable bonds is 5. The largest absolute Gasteiger partial charge is 0.372 e. The standard InChI is InChI=1S/C28H27N3O2/c1-19-10-11-22(18-20(19)2)29-26-25(21-8-4-3-5-9-21)27(32)31(28(26)33)24-14-12-23(13-15-24)30-16-6-7-17-30/h3-5,8-15,18,29H,6-7,16-17H2,1-2H3. The average molecular weight is 438 g/mol. The van der Waals surface area contributed by atoms with Crippen molar-refractivity contribution < 1.29 is 9.59 Å². The second-order valence-electron chi connectivity index (χ2n) is 8.70. The highest BCUT2D eigenvalue weighted by Crippen LogP contribution is 2.35. The summed E-state index contributed by atoms with van der Waals surface area (Å²) in [6, 6.07) is 23.0. The van der Waals surface area contributed by atoms with Crippen LogP contribution in [-0.4, -0.2) is 24.9 Å². The van der Waals surface area contributed by atoms with Crippen LogP contribution in [-0.2, 0) is 9.59 Å². The van der Waals surface area contributed by atoms with Crippen molar-refractivity contribution in [1.29, 1.82) is 0 Å². The zero-order valence-electron chi connectivity index (χ0n) is 19.0. The molecular weight excluding hydrogens is 410 g/mol. The van der Waals surface area contributed by atoms with Crippen molar-refractivity contribution in [3.05, 3.63) is 95.2 Å². The van der Waals surface area contributed by atoms with Crippen molar-refractivity contribution in [3.63, 3.8) is 0 Å². The quantitative estimate of drug-likeness (QED) is 0.551. The SMILES string of the molecule is Cc1ccc(NC2=C(c3ccccc3)C(=O)N(c3ccc(N4CCCC4)cc3)C2=O)cc1C. The number of hydrogen-bond acceptors (Lipinski definition) is 4. The second-order valence-corrected chi connectivity index (χ2v) is 8.70. The monoisotopic (exact) mass is 437 g/mol. The lowest BCUT2D eigenvalue weighted by atomic mass is 10.0. The number of hydrogen-bond donors (Lipinski definition) is 1. The van der Waals surface area contributed by atoms with Crippen LogP contribution < -0.4 is 15.1 Å². The predicted molar refractivity (Wildman–Crippen MR) is 133 cm³/mol. The van der Waals surface area contributed by atoms with E-state index in [1.54, 1.807) is 0 Å². The molecule has 3 aromatic rings. The molecule has 2 aliphatic heterocycles. The van der Waals surface area contributed by atoms with Gasteiger partial charge in [-0.05, 0) is 79.8 Å². The summed E-state index contributed by atoms with van der Waals surface area (Å²) in [6.45, 7) is 6.17. The van der Waals surface area contributed by atoms with Gasteiger partial charge in [-0.2, -0.15) is 0 Å². The molecule has 2 heterocycles. The van der Waals surface area contributed by atoms with Gasteiger partial charge in [-0.1, -0.05) is 36.4 Å². The van der Waals surface area contributed by atoms with E-state index in [2.05, 4.69) is 10.2 Å². The molecule has 0 bridgehead atoms. The topological polar surface area (TPSA) is 52.7 Å². The molecule has 1 fully saturated rings. The third kappa shape index (κ3) is 3.91. The number of anilines is 3. The van der Waals surface area contributed by atoms with Crippen LogP contribution in [0, 0.1) is 13.8 Å². The fourth-order valence-corrected chi connectivity index (χ4v) is 4.50. The number of nitrogens with one attached hydrogen (secondary N) is 1. The molecule has 0 atom stereocenters. The summed E-state index contributed by atoms with van der Waals surface area (Å²) >= 11 is 0. The molecule has 1 N–H and O–H groups in total. The Morgan fingerprint density at radius 2 is 1.39 bits per heavy atom. The van der Waals surface area contributed by atoms with Crippen LogP contribution in [0.4, 0.5) is 17.1 Å². The minimum absolute atomic E-state index is 0.304. The minimum atomic E-state index is -0.342. The Morgan fingerprint density at radius 3 is 2.06 bits per heavy atom. The van der Waals surface area contributed by atoms with Gasteiger partial charge in [-0.15, -0.1) is 0 Å². The zero-order chi connectivity index (χ0) is 22.9. The van der Waals surface area contributed by atoms with Crippen LogP contribution in [0.5, 0.6) is 0 Å². The van der Waals surface area contributed by atoms with Crippen LogP contribution in [0.15, 0.2) is 78.5 Å². The number of nitrogens with zero attached hydrogens (tertiary/aromatic N) is 2. The molecule has 0 aromatic heterocycles. The Morgan fingerprint density at radius 1 is 0.727 bits per heavy atom. The predicted octanol–water partition coefficient (Wildman–Crippen LogP) is 5.30. The summed E-state index contributed by atoms with van der Waals surface area (Å²) in [5.41, 5.74) is 6.20. The molecule has 5 heteroatoms. The summed E-state index contributed by atoms with van der Waals surface area (Å²) in [7, 11) is 0. The number of carbonyl (C=O) groups excluding carboxylic acids is 2. The van der Waals surface area contributed by atoms with Gasteiger partial charge in [-0.3, -0.25) is 9.59 Å². The first-order valence-electron chi connectivity index (χ1n) is 11.4. The highest BCUT2D eigenvalue weighted by atomic mass is 16.2. The molecule has 3 aromatic carbocycles. The Bertz CT molecular complexity index is 1240. The van der Waals surface area contributed by atoms with Crippen molar-refractivity contribution >= 4 is 34.4 Å². The van der Waals surface area contributed by atoms with Gasteiger partial charge >= 0.3 is 0 Å². The summed E-state index contributed by atoms with van der Waals surface area (Å²) in [5.74, 6) is -0.655. The minimum Gasteiger partial charge on any atom is -0.372 e. The zero-order valence-corrected chi connectivity index (χ0v) is 19.0. The molecule has 0 saturated carbocycles. The van der Waals surface area contributed by atoms with E-state index in [0.29, 0.717) is 17.0 Å². The van der Waals surface area contributed by atoms with Crippen molar-refractivity contribution in [2.75, 3.05) is 28.2 Å². The fraction of sp³-hybridized carbons (Fsp3) is 0.214. The molecule has 0 spiro atoms. The summed E-state index contributed by atoms with van der Waals surface area (Å²) in [4.78, 5) is 30.8. The average Bonchev–Trinajstić information content (AvgIpc) is 3.44. The lowest BCUT2D eigenvalue weighted by Gasteiger charge is -2.20.